The monoisotopic (exact) mass is 348 g/mol. The van der Waals surface area contributed by atoms with Crippen LogP contribution in [0.15, 0.2) is 71.5 Å². The summed E-state index contributed by atoms with van der Waals surface area (Å²) in [7, 11) is 0. The molecule has 0 radical (unpaired) electrons. The topological polar surface area (TPSA) is 72.2 Å². The lowest BCUT2D eigenvalue weighted by Crippen LogP contribution is -2.22. The number of ketones is 1. The Morgan fingerprint density at radius 3 is 2.62 bits per heavy atom. The fourth-order valence-corrected chi connectivity index (χ4v) is 2.61. The summed E-state index contributed by atoms with van der Waals surface area (Å²) in [6, 6.07) is 16.5. The third kappa shape index (κ3) is 4.89. The third-order valence-electron chi connectivity index (χ3n) is 3.99. The molecule has 0 bridgehead atoms. The number of pyridine rings is 1. The van der Waals surface area contributed by atoms with Crippen LogP contribution in [-0.2, 0) is 11.3 Å². The normalized spacial score (nSPS) is 10.5. The van der Waals surface area contributed by atoms with Gasteiger partial charge >= 0.3 is 0 Å². The predicted octanol–water partition coefficient (Wildman–Crippen LogP) is 4.01. The number of rotatable bonds is 8. The summed E-state index contributed by atoms with van der Waals surface area (Å²) in [4.78, 5) is 28.3. The van der Waals surface area contributed by atoms with Crippen molar-refractivity contribution in [3.05, 3.63) is 78.2 Å². The summed E-state index contributed by atoms with van der Waals surface area (Å²) in [6.45, 7) is 0.418. The average Bonchev–Trinajstić information content (AvgIpc) is 3.22. The first-order valence-corrected chi connectivity index (χ1v) is 8.56. The van der Waals surface area contributed by atoms with E-state index >= 15 is 0 Å². The molecule has 0 aliphatic rings. The van der Waals surface area contributed by atoms with Crippen LogP contribution >= 0.6 is 0 Å². The summed E-state index contributed by atoms with van der Waals surface area (Å²) < 4.78 is 5.33. The van der Waals surface area contributed by atoms with Gasteiger partial charge in [0.1, 0.15) is 5.69 Å². The molecule has 0 fully saturated rings. The smallest absolute Gasteiger partial charge is 0.220 e. The minimum atomic E-state index is -0.0674. The van der Waals surface area contributed by atoms with Crippen LogP contribution < -0.4 is 5.32 Å². The Labute approximate surface area is 152 Å². The van der Waals surface area contributed by atoms with Gasteiger partial charge in [0, 0.05) is 31.1 Å². The van der Waals surface area contributed by atoms with Crippen molar-refractivity contribution in [3.63, 3.8) is 0 Å². The van der Waals surface area contributed by atoms with E-state index < -0.39 is 0 Å². The minimum absolute atomic E-state index is 0.0654. The molecule has 0 spiro atoms. The van der Waals surface area contributed by atoms with E-state index in [2.05, 4.69) is 10.3 Å². The molecule has 3 rings (SSSR count). The lowest BCUT2D eigenvalue weighted by Gasteiger charge is -2.06. The molecule has 2 aromatic heterocycles. The van der Waals surface area contributed by atoms with Crippen LogP contribution in [0, 0.1) is 0 Å². The average molecular weight is 348 g/mol. The van der Waals surface area contributed by atoms with Crippen molar-refractivity contribution >= 4 is 11.7 Å². The highest BCUT2D eigenvalue weighted by atomic mass is 16.3. The number of nitrogens with zero attached hydrogens (tertiary/aromatic N) is 1. The van der Waals surface area contributed by atoms with Crippen molar-refractivity contribution in [1.82, 2.24) is 10.3 Å². The van der Waals surface area contributed by atoms with Crippen molar-refractivity contribution in [2.24, 2.45) is 0 Å². The number of benzene rings is 1. The van der Waals surface area contributed by atoms with Gasteiger partial charge in [-0.05, 0) is 36.2 Å². The summed E-state index contributed by atoms with van der Waals surface area (Å²) in [5, 5.41) is 2.88. The van der Waals surface area contributed by atoms with Crippen molar-refractivity contribution in [3.8, 4) is 11.5 Å². The SMILES string of the molecule is O=C(CCCC(=O)c1ccccc1)NCc1ccnc(-c2ccco2)c1. The molecule has 5 nitrogen and oxygen atoms in total. The van der Waals surface area contributed by atoms with E-state index in [-0.39, 0.29) is 11.7 Å². The first-order valence-electron chi connectivity index (χ1n) is 8.56. The number of Topliss-reactive ketones (excluding diaryl/α,β-unsaturated/α-hetero) is 1. The number of amides is 1. The van der Waals surface area contributed by atoms with Gasteiger partial charge in [0.25, 0.3) is 0 Å². The molecular weight excluding hydrogens is 328 g/mol. The number of hydrogen-bond donors (Lipinski definition) is 1. The molecule has 0 unspecified atom stereocenters. The van der Waals surface area contributed by atoms with Gasteiger partial charge in [-0.3, -0.25) is 14.6 Å². The molecular formula is C21H20N2O3. The lowest BCUT2D eigenvalue weighted by atomic mass is 10.1. The molecule has 0 aliphatic carbocycles. The number of furan rings is 1. The molecule has 3 aromatic rings. The maximum atomic E-state index is 12.0. The van der Waals surface area contributed by atoms with Crippen LogP contribution in [0.4, 0.5) is 0 Å². The summed E-state index contributed by atoms with van der Waals surface area (Å²) >= 11 is 0. The molecule has 26 heavy (non-hydrogen) atoms. The van der Waals surface area contributed by atoms with Crippen LogP contribution in [-0.4, -0.2) is 16.7 Å². The Kier molecular flexibility index (Phi) is 5.93. The molecule has 1 aromatic carbocycles. The zero-order valence-corrected chi connectivity index (χ0v) is 14.4. The molecule has 132 valence electrons. The van der Waals surface area contributed by atoms with E-state index in [1.165, 1.54) is 0 Å². The largest absolute Gasteiger partial charge is 0.463 e. The van der Waals surface area contributed by atoms with Gasteiger partial charge in [-0.25, -0.2) is 0 Å². The van der Waals surface area contributed by atoms with E-state index in [0.29, 0.717) is 37.1 Å². The Bertz CT molecular complexity index is 858. The van der Waals surface area contributed by atoms with E-state index in [1.54, 1.807) is 24.6 Å². The number of nitrogens with one attached hydrogen (secondary N) is 1. The molecule has 5 heteroatoms. The standard InChI is InChI=1S/C21H20N2O3/c24-19(17-6-2-1-3-7-17)8-4-10-21(25)23-15-16-11-12-22-18(14-16)20-9-5-13-26-20/h1-3,5-7,9,11-14H,4,8,10,15H2,(H,23,25). The Morgan fingerprint density at radius 2 is 1.85 bits per heavy atom. The maximum Gasteiger partial charge on any atom is 0.220 e. The van der Waals surface area contributed by atoms with Gasteiger partial charge in [0.15, 0.2) is 11.5 Å². The summed E-state index contributed by atoms with van der Waals surface area (Å²) in [6.07, 6.45) is 4.53. The minimum Gasteiger partial charge on any atom is -0.463 e. The number of carbonyl (C=O) groups excluding carboxylic acids is 2. The highest BCUT2D eigenvalue weighted by molar-refractivity contribution is 5.96. The van der Waals surface area contributed by atoms with Gasteiger partial charge in [-0.15, -0.1) is 0 Å². The Hall–Kier alpha value is -3.21. The molecule has 0 aliphatic heterocycles. The molecule has 0 saturated carbocycles. The number of hydrogen-bond acceptors (Lipinski definition) is 4. The van der Waals surface area contributed by atoms with Crippen molar-refractivity contribution < 1.29 is 14.0 Å². The van der Waals surface area contributed by atoms with E-state index in [4.69, 9.17) is 4.42 Å². The Morgan fingerprint density at radius 1 is 1.00 bits per heavy atom. The predicted molar refractivity (Wildman–Crippen MR) is 98.4 cm³/mol. The second kappa shape index (κ2) is 8.76. The van der Waals surface area contributed by atoms with E-state index in [0.717, 1.165) is 11.3 Å². The first kappa shape index (κ1) is 17.6. The molecule has 1 amide bonds. The van der Waals surface area contributed by atoms with Gasteiger partial charge in [-0.2, -0.15) is 0 Å². The maximum absolute atomic E-state index is 12.0. The van der Waals surface area contributed by atoms with Crippen LogP contribution in [0.5, 0.6) is 0 Å². The van der Waals surface area contributed by atoms with Gasteiger partial charge < -0.3 is 9.73 Å². The van der Waals surface area contributed by atoms with Crippen LogP contribution in [0.1, 0.15) is 35.2 Å². The zero-order chi connectivity index (χ0) is 18.2. The molecule has 2 heterocycles. The van der Waals surface area contributed by atoms with Crippen LogP contribution in [0.2, 0.25) is 0 Å². The van der Waals surface area contributed by atoms with E-state index in [1.807, 2.05) is 42.5 Å². The van der Waals surface area contributed by atoms with Crippen molar-refractivity contribution in [2.75, 3.05) is 0 Å². The quantitative estimate of drug-likeness (QED) is 0.624. The second-order valence-electron chi connectivity index (χ2n) is 5.95. The fourth-order valence-electron chi connectivity index (χ4n) is 2.61. The van der Waals surface area contributed by atoms with Gasteiger partial charge in [0.2, 0.25) is 5.91 Å². The fraction of sp³-hybridized carbons (Fsp3) is 0.190. The first-order chi connectivity index (χ1) is 12.7. The highest BCUT2D eigenvalue weighted by Crippen LogP contribution is 2.18. The highest BCUT2D eigenvalue weighted by Gasteiger charge is 2.08. The lowest BCUT2D eigenvalue weighted by molar-refractivity contribution is -0.121. The molecule has 1 N–H and O–H groups in total. The third-order valence-corrected chi connectivity index (χ3v) is 3.99. The van der Waals surface area contributed by atoms with Crippen molar-refractivity contribution in [1.29, 1.82) is 0 Å². The van der Waals surface area contributed by atoms with Gasteiger partial charge in [-0.1, -0.05) is 30.3 Å². The summed E-state index contributed by atoms with van der Waals surface area (Å²) in [5.41, 5.74) is 2.37. The van der Waals surface area contributed by atoms with Crippen LogP contribution in [0.3, 0.4) is 0 Å². The van der Waals surface area contributed by atoms with Crippen molar-refractivity contribution in [2.45, 2.75) is 25.8 Å². The summed E-state index contributed by atoms with van der Waals surface area (Å²) in [5.74, 6) is 0.690. The second-order valence-corrected chi connectivity index (χ2v) is 5.95. The molecule has 0 atom stereocenters. The van der Waals surface area contributed by atoms with Gasteiger partial charge in [0.05, 0.1) is 6.26 Å². The van der Waals surface area contributed by atoms with Crippen LogP contribution in [0.25, 0.3) is 11.5 Å². The molecule has 0 saturated heterocycles. The number of carbonyl (C=O) groups is 2. The van der Waals surface area contributed by atoms with E-state index in [9.17, 15) is 9.59 Å². The number of aromatic nitrogens is 1. The zero-order valence-electron chi connectivity index (χ0n) is 14.4. The Balaban J connectivity index is 1.43.